The standard InChI is InChI=1S/C12H13F3N4/c1-2-3-17-10-4-11(7-16-6-10)19-8-9(5-18-19)12(13,14)15/h4-8,17H,2-3H2,1H3. The second-order valence-electron chi connectivity index (χ2n) is 4.03. The molecule has 0 radical (unpaired) electrons. The summed E-state index contributed by atoms with van der Waals surface area (Å²) in [4.78, 5) is 3.98. The van der Waals surface area contributed by atoms with Gasteiger partial charge in [0, 0.05) is 12.7 Å². The van der Waals surface area contributed by atoms with Crippen molar-refractivity contribution in [2.75, 3.05) is 11.9 Å². The molecule has 0 saturated carbocycles. The van der Waals surface area contributed by atoms with E-state index in [1.807, 2.05) is 6.92 Å². The van der Waals surface area contributed by atoms with Crippen LogP contribution in [0, 0.1) is 0 Å². The van der Waals surface area contributed by atoms with Gasteiger partial charge in [0.15, 0.2) is 0 Å². The van der Waals surface area contributed by atoms with Crippen LogP contribution in [0.25, 0.3) is 5.69 Å². The molecular weight excluding hydrogens is 257 g/mol. The van der Waals surface area contributed by atoms with Crippen molar-refractivity contribution in [2.45, 2.75) is 19.5 Å². The molecule has 0 spiro atoms. The summed E-state index contributed by atoms with van der Waals surface area (Å²) >= 11 is 0. The number of anilines is 1. The lowest BCUT2D eigenvalue weighted by Crippen LogP contribution is -2.04. The van der Waals surface area contributed by atoms with Crippen LogP contribution in [-0.4, -0.2) is 21.3 Å². The van der Waals surface area contributed by atoms with E-state index in [1.165, 1.54) is 6.20 Å². The van der Waals surface area contributed by atoms with Gasteiger partial charge in [-0.1, -0.05) is 6.92 Å². The first kappa shape index (κ1) is 13.4. The maximum absolute atomic E-state index is 12.5. The van der Waals surface area contributed by atoms with Gasteiger partial charge in [-0.05, 0) is 12.5 Å². The number of hydrogen-bond donors (Lipinski definition) is 1. The molecule has 2 aromatic heterocycles. The Labute approximate surface area is 108 Å². The van der Waals surface area contributed by atoms with E-state index in [0.717, 1.165) is 35.7 Å². The second-order valence-corrected chi connectivity index (χ2v) is 4.03. The molecule has 0 aliphatic rings. The van der Waals surface area contributed by atoms with Crippen LogP contribution in [0.5, 0.6) is 0 Å². The summed E-state index contributed by atoms with van der Waals surface area (Å²) in [6.07, 6.45) is 1.39. The van der Waals surface area contributed by atoms with Crippen LogP contribution in [0.2, 0.25) is 0 Å². The van der Waals surface area contributed by atoms with Crippen molar-refractivity contribution >= 4 is 5.69 Å². The molecule has 0 bridgehead atoms. The Morgan fingerprint density at radius 1 is 1.26 bits per heavy atom. The lowest BCUT2D eigenvalue weighted by Gasteiger charge is -2.06. The molecule has 0 saturated heterocycles. The molecule has 0 fully saturated rings. The third-order valence-electron chi connectivity index (χ3n) is 2.48. The fraction of sp³-hybridized carbons (Fsp3) is 0.333. The number of aromatic nitrogens is 3. The Bertz CT molecular complexity index is 548. The quantitative estimate of drug-likeness (QED) is 0.928. The highest BCUT2D eigenvalue weighted by Crippen LogP contribution is 2.29. The Morgan fingerprint density at radius 3 is 2.68 bits per heavy atom. The van der Waals surface area contributed by atoms with Crippen LogP contribution in [0.15, 0.2) is 30.9 Å². The Kier molecular flexibility index (Phi) is 3.73. The van der Waals surface area contributed by atoms with Crippen molar-refractivity contribution in [2.24, 2.45) is 0 Å². The van der Waals surface area contributed by atoms with Crippen molar-refractivity contribution in [1.82, 2.24) is 14.8 Å². The Balaban J connectivity index is 2.24. The number of alkyl halides is 3. The van der Waals surface area contributed by atoms with Gasteiger partial charge in [0.05, 0.1) is 35.5 Å². The minimum absolute atomic E-state index is 0.483. The molecule has 2 aromatic rings. The lowest BCUT2D eigenvalue weighted by atomic mass is 10.3. The monoisotopic (exact) mass is 270 g/mol. The summed E-state index contributed by atoms with van der Waals surface area (Å²) in [5.41, 5.74) is 0.458. The van der Waals surface area contributed by atoms with Crippen LogP contribution in [0.1, 0.15) is 18.9 Å². The first-order valence-corrected chi connectivity index (χ1v) is 5.82. The zero-order valence-electron chi connectivity index (χ0n) is 10.3. The topological polar surface area (TPSA) is 42.7 Å². The highest BCUT2D eigenvalue weighted by molar-refractivity contribution is 5.48. The summed E-state index contributed by atoms with van der Waals surface area (Å²) in [6.45, 7) is 2.80. The molecule has 2 rings (SSSR count). The average molecular weight is 270 g/mol. The smallest absolute Gasteiger partial charge is 0.384 e. The predicted octanol–water partition coefficient (Wildman–Crippen LogP) is 3.11. The zero-order chi connectivity index (χ0) is 13.9. The molecule has 2 heterocycles. The van der Waals surface area contributed by atoms with Crippen LogP contribution in [0.3, 0.4) is 0 Å². The largest absolute Gasteiger partial charge is 0.419 e. The molecule has 102 valence electrons. The lowest BCUT2D eigenvalue weighted by molar-refractivity contribution is -0.137. The third-order valence-corrected chi connectivity index (χ3v) is 2.48. The van der Waals surface area contributed by atoms with Gasteiger partial charge < -0.3 is 5.32 Å². The molecule has 0 aliphatic heterocycles. The first-order chi connectivity index (χ1) is 9.00. The Hall–Kier alpha value is -2.05. The van der Waals surface area contributed by atoms with Gasteiger partial charge >= 0.3 is 6.18 Å². The molecule has 7 heteroatoms. The van der Waals surface area contributed by atoms with Gasteiger partial charge in [0.25, 0.3) is 0 Å². The van der Waals surface area contributed by atoms with Crippen molar-refractivity contribution in [3.8, 4) is 5.69 Å². The Morgan fingerprint density at radius 2 is 2.05 bits per heavy atom. The number of pyridine rings is 1. The minimum Gasteiger partial charge on any atom is -0.384 e. The van der Waals surface area contributed by atoms with E-state index in [-0.39, 0.29) is 0 Å². The van der Waals surface area contributed by atoms with Gasteiger partial charge in [0.1, 0.15) is 0 Å². The number of rotatable bonds is 4. The van der Waals surface area contributed by atoms with Crippen molar-refractivity contribution in [3.05, 3.63) is 36.4 Å². The first-order valence-electron chi connectivity index (χ1n) is 5.82. The summed E-state index contributed by atoms with van der Waals surface area (Å²) in [5, 5.41) is 6.82. The van der Waals surface area contributed by atoms with E-state index in [1.54, 1.807) is 12.3 Å². The van der Waals surface area contributed by atoms with Crippen LogP contribution in [-0.2, 0) is 6.18 Å². The van der Waals surface area contributed by atoms with Crippen LogP contribution >= 0.6 is 0 Å². The molecule has 4 nitrogen and oxygen atoms in total. The molecule has 0 atom stereocenters. The molecule has 1 N–H and O–H groups in total. The number of nitrogens with zero attached hydrogens (tertiary/aromatic N) is 3. The number of nitrogens with one attached hydrogen (secondary N) is 1. The molecule has 19 heavy (non-hydrogen) atoms. The van der Waals surface area contributed by atoms with Crippen molar-refractivity contribution in [1.29, 1.82) is 0 Å². The highest BCUT2D eigenvalue weighted by atomic mass is 19.4. The molecule has 0 aliphatic carbocycles. The SMILES string of the molecule is CCCNc1cncc(-n2cc(C(F)(F)F)cn2)c1. The average Bonchev–Trinajstić information content (AvgIpc) is 2.86. The molecule has 0 amide bonds. The summed E-state index contributed by atoms with van der Waals surface area (Å²) in [6, 6.07) is 1.70. The van der Waals surface area contributed by atoms with Gasteiger partial charge in [0.2, 0.25) is 0 Å². The summed E-state index contributed by atoms with van der Waals surface area (Å²) < 4.78 is 38.6. The van der Waals surface area contributed by atoms with Crippen LogP contribution in [0.4, 0.5) is 18.9 Å². The van der Waals surface area contributed by atoms with E-state index in [9.17, 15) is 13.2 Å². The van der Waals surface area contributed by atoms with Gasteiger partial charge in [-0.25, -0.2) is 4.68 Å². The van der Waals surface area contributed by atoms with E-state index < -0.39 is 11.7 Å². The molecule has 0 aromatic carbocycles. The fourth-order valence-electron chi connectivity index (χ4n) is 1.53. The molecule has 0 unspecified atom stereocenters. The van der Waals surface area contributed by atoms with Crippen LogP contribution < -0.4 is 5.32 Å². The maximum atomic E-state index is 12.5. The number of halogens is 3. The van der Waals surface area contributed by atoms with Gasteiger partial charge in [-0.2, -0.15) is 18.3 Å². The van der Waals surface area contributed by atoms with E-state index in [4.69, 9.17) is 0 Å². The summed E-state index contributed by atoms with van der Waals surface area (Å²) in [5.74, 6) is 0. The van der Waals surface area contributed by atoms with Crippen molar-refractivity contribution < 1.29 is 13.2 Å². The predicted molar refractivity (Wildman–Crippen MR) is 65.1 cm³/mol. The third kappa shape index (κ3) is 3.24. The zero-order valence-corrected chi connectivity index (χ0v) is 10.3. The number of hydrogen-bond acceptors (Lipinski definition) is 3. The van der Waals surface area contributed by atoms with Crippen molar-refractivity contribution in [3.63, 3.8) is 0 Å². The minimum atomic E-state index is -4.39. The maximum Gasteiger partial charge on any atom is 0.419 e. The van der Waals surface area contributed by atoms with Gasteiger partial charge in [-0.3, -0.25) is 4.98 Å². The van der Waals surface area contributed by atoms with E-state index in [2.05, 4.69) is 15.4 Å². The van der Waals surface area contributed by atoms with Gasteiger partial charge in [-0.15, -0.1) is 0 Å². The second kappa shape index (κ2) is 5.29. The van der Waals surface area contributed by atoms with E-state index >= 15 is 0 Å². The van der Waals surface area contributed by atoms with E-state index in [0.29, 0.717) is 5.69 Å². The summed E-state index contributed by atoms with van der Waals surface area (Å²) in [7, 11) is 0. The highest BCUT2D eigenvalue weighted by Gasteiger charge is 2.32. The molecular formula is C12H13F3N4. The fourth-order valence-corrected chi connectivity index (χ4v) is 1.53. The normalized spacial score (nSPS) is 11.6.